The molecular formula is C14H19NO. The van der Waals surface area contributed by atoms with E-state index in [1.807, 2.05) is 13.8 Å². The van der Waals surface area contributed by atoms with Crippen LogP contribution in [0.1, 0.15) is 60.9 Å². The van der Waals surface area contributed by atoms with Crippen LogP contribution in [0.25, 0.3) is 0 Å². The van der Waals surface area contributed by atoms with Crippen molar-refractivity contribution in [3.05, 3.63) is 23.0 Å². The van der Waals surface area contributed by atoms with Gasteiger partial charge < -0.3 is 4.57 Å². The second-order valence-corrected chi connectivity index (χ2v) is 5.47. The van der Waals surface area contributed by atoms with E-state index in [4.69, 9.17) is 0 Å². The summed E-state index contributed by atoms with van der Waals surface area (Å²) >= 11 is 0. The summed E-state index contributed by atoms with van der Waals surface area (Å²) in [6, 6.07) is 2.87. The molecule has 1 aromatic heterocycles. The zero-order valence-corrected chi connectivity index (χ0v) is 10.1. The minimum atomic E-state index is 0.125. The minimum Gasteiger partial charge on any atom is -0.345 e. The summed E-state index contributed by atoms with van der Waals surface area (Å²) < 4.78 is 2.47. The Bertz CT molecular complexity index is 442. The number of rotatable bonds is 2. The van der Waals surface area contributed by atoms with Gasteiger partial charge in [0.15, 0.2) is 5.78 Å². The first-order valence-corrected chi connectivity index (χ1v) is 6.45. The van der Waals surface area contributed by atoms with Crippen molar-refractivity contribution in [3.63, 3.8) is 0 Å². The van der Waals surface area contributed by atoms with Gasteiger partial charge in [0.2, 0.25) is 0 Å². The number of hydrogen-bond acceptors (Lipinski definition) is 1. The number of ketones is 1. The number of aryl methyl sites for hydroxylation is 1. The van der Waals surface area contributed by atoms with Crippen molar-refractivity contribution in [3.8, 4) is 0 Å². The molecule has 0 spiro atoms. The van der Waals surface area contributed by atoms with Crippen molar-refractivity contribution >= 4 is 5.78 Å². The van der Waals surface area contributed by atoms with Gasteiger partial charge in [-0.15, -0.1) is 0 Å². The van der Waals surface area contributed by atoms with Crippen molar-refractivity contribution in [1.29, 1.82) is 0 Å². The van der Waals surface area contributed by atoms with E-state index in [9.17, 15) is 4.79 Å². The molecule has 2 aliphatic rings. The molecule has 0 aliphatic carbocycles. The molecule has 0 fully saturated rings. The summed E-state index contributed by atoms with van der Waals surface area (Å²) in [6.07, 6.45) is 6.13. The van der Waals surface area contributed by atoms with Gasteiger partial charge in [-0.1, -0.05) is 13.8 Å². The van der Waals surface area contributed by atoms with Gasteiger partial charge in [0.05, 0.1) is 0 Å². The maximum atomic E-state index is 12.1. The zero-order valence-electron chi connectivity index (χ0n) is 10.1. The van der Waals surface area contributed by atoms with Crippen LogP contribution in [-0.4, -0.2) is 10.4 Å². The number of carbonyl (C=O) groups excluding carboxylic acids is 1. The van der Waals surface area contributed by atoms with Crippen molar-refractivity contribution in [1.82, 2.24) is 4.57 Å². The lowest BCUT2D eigenvalue weighted by Crippen LogP contribution is -2.13. The van der Waals surface area contributed by atoms with E-state index in [1.165, 1.54) is 30.7 Å². The molecule has 16 heavy (non-hydrogen) atoms. The molecule has 0 bridgehead atoms. The smallest absolute Gasteiger partial charge is 0.167 e. The summed E-state index contributed by atoms with van der Waals surface area (Å²) in [5.74, 6) is 0.456. The maximum absolute atomic E-state index is 12.1. The highest BCUT2D eigenvalue weighted by atomic mass is 16.1. The van der Waals surface area contributed by atoms with Gasteiger partial charge >= 0.3 is 0 Å². The normalized spacial score (nSPS) is 22.6. The summed E-state index contributed by atoms with van der Waals surface area (Å²) in [6.45, 7) is 4.00. The molecule has 2 nitrogen and oxygen atoms in total. The lowest BCUT2D eigenvalue weighted by Gasteiger charge is -2.21. The topological polar surface area (TPSA) is 22.0 Å². The lowest BCUT2D eigenvalue weighted by atomic mass is 9.97. The SMILES string of the molecule is CC(C)C(=O)c1cc2n3c1CCC3CCC2. The Balaban J connectivity index is 2.09. The van der Waals surface area contributed by atoms with Crippen molar-refractivity contribution in [2.24, 2.45) is 5.92 Å². The summed E-state index contributed by atoms with van der Waals surface area (Å²) in [4.78, 5) is 12.1. The van der Waals surface area contributed by atoms with Gasteiger partial charge in [-0.2, -0.15) is 0 Å². The second-order valence-electron chi connectivity index (χ2n) is 5.47. The van der Waals surface area contributed by atoms with E-state index in [2.05, 4.69) is 10.6 Å². The van der Waals surface area contributed by atoms with Crippen LogP contribution in [0.15, 0.2) is 6.07 Å². The van der Waals surface area contributed by atoms with Gasteiger partial charge in [-0.3, -0.25) is 4.79 Å². The maximum Gasteiger partial charge on any atom is 0.167 e. The highest BCUT2D eigenvalue weighted by Gasteiger charge is 2.32. The first-order chi connectivity index (χ1) is 7.68. The lowest BCUT2D eigenvalue weighted by molar-refractivity contribution is 0.0938. The van der Waals surface area contributed by atoms with Crippen LogP contribution in [0.5, 0.6) is 0 Å². The molecule has 1 atom stereocenters. The Hall–Kier alpha value is -1.05. The van der Waals surface area contributed by atoms with E-state index < -0.39 is 0 Å². The van der Waals surface area contributed by atoms with Crippen LogP contribution in [0.2, 0.25) is 0 Å². The summed E-state index contributed by atoms with van der Waals surface area (Å²) in [5.41, 5.74) is 3.76. The van der Waals surface area contributed by atoms with Crippen LogP contribution in [-0.2, 0) is 12.8 Å². The van der Waals surface area contributed by atoms with Crippen LogP contribution in [0.4, 0.5) is 0 Å². The molecule has 1 unspecified atom stereocenters. The van der Waals surface area contributed by atoms with Crippen molar-refractivity contribution < 1.29 is 4.79 Å². The number of carbonyl (C=O) groups is 1. The molecule has 0 N–H and O–H groups in total. The van der Waals surface area contributed by atoms with Crippen molar-refractivity contribution in [2.45, 2.75) is 52.0 Å². The van der Waals surface area contributed by atoms with Gasteiger partial charge in [-0.05, 0) is 38.2 Å². The quantitative estimate of drug-likeness (QED) is 0.697. The van der Waals surface area contributed by atoms with Crippen molar-refractivity contribution in [2.75, 3.05) is 0 Å². The molecule has 0 saturated heterocycles. The van der Waals surface area contributed by atoms with Crippen LogP contribution in [0.3, 0.4) is 0 Å². The second kappa shape index (κ2) is 3.47. The number of nitrogens with zero attached hydrogens (tertiary/aromatic N) is 1. The molecule has 2 aliphatic heterocycles. The van der Waals surface area contributed by atoms with E-state index in [1.54, 1.807) is 0 Å². The fourth-order valence-corrected chi connectivity index (χ4v) is 3.27. The molecular weight excluding hydrogens is 198 g/mol. The molecule has 3 heterocycles. The minimum absolute atomic E-state index is 0.125. The van der Waals surface area contributed by atoms with E-state index in [0.717, 1.165) is 18.4 Å². The molecule has 2 heteroatoms. The summed E-state index contributed by atoms with van der Waals surface area (Å²) in [7, 11) is 0. The van der Waals surface area contributed by atoms with Gasteiger partial charge in [-0.25, -0.2) is 0 Å². The average molecular weight is 217 g/mol. The van der Waals surface area contributed by atoms with E-state index in [-0.39, 0.29) is 5.92 Å². The van der Waals surface area contributed by atoms with E-state index >= 15 is 0 Å². The molecule has 0 amide bonds. The predicted octanol–water partition coefficient (Wildman–Crippen LogP) is 3.15. The van der Waals surface area contributed by atoms with Crippen LogP contribution >= 0.6 is 0 Å². The van der Waals surface area contributed by atoms with Gasteiger partial charge in [0.1, 0.15) is 0 Å². The van der Waals surface area contributed by atoms with Gasteiger partial charge in [0.25, 0.3) is 0 Å². The van der Waals surface area contributed by atoms with Gasteiger partial charge in [0, 0.05) is 28.9 Å². The number of hydrogen-bond donors (Lipinski definition) is 0. The number of aromatic nitrogens is 1. The molecule has 86 valence electrons. The monoisotopic (exact) mass is 217 g/mol. The van der Waals surface area contributed by atoms with Crippen LogP contribution in [0, 0.1) is 5.92 Å². The standard InChI is InChI=1S/C14H19NO/c1-9(2)14(16)12-8-11-5-3-4-10-6-7-13(12)15(10)11/h8-10H,3-7H2,1-2H3. The highest BCUT2D eigenvalue weighted by molar-refractivity contribution is 5.99. The Kier molecular flexibility index (Phi) is 2.20. The predicted molar refractivity (Wildman–Crippen MR) is 63.9 cm³/mol. The fourth-order valence-electron chi connectivity index (χ4n) is 3.27. The Labute approximate surface area is 96.6 Å². The molecule has 0 aromatic carbocycles. The molecule has 0 saturated carbocycles. The van der Waals surface area contributed by atoms with E-state index in [0.29, 0.717) is 11.8 Å². The fraction of sp³-hybridized carbons (Fsp3) is 0.643. The Morgan fingerprint density at radius 2 is 2.19 bits per heavy atom. The van der Waals surface area contributed by atoms with Crippen LogP contribution < -0.4 is 0 Å². The molecule has 0 radical (unpaired) electrons. The largest absolute Gasteiger partial charge is 0.345 e. The third kappa shape index (κ3) is 1.28. The first-order valence-electron chi connectivity index (χ1n) is 6.45. The summed E-state index contributed by atoms with van der Waals surface area (Å²) in [5, 5.41) is 0. The third-order valence-electron chi connectivity index (χ3n) is 4.06. The Morgan fingerprint density at radius 3 is 2.94 bits per heavy atom. The first kappa shape index (κ1) is 10.1. The Morgan fingerprint density at radius 1 is 1.38 bits per heavy atom. The zero-order chi connectivity index (χ0) is 11.3. The number of Topliss-reactive ketones (excluding diaryl/α,β-unsaturated/α-hetero) is 1. The third-order valence-corrected chi connectivity index (χ3v) is 4.06. The molecule has 1 aromatic rings. The molecule has 3 rings (SSSR count). The average Bonchev–Trinajstić information content (AvgIpc) is 2.84. The highest BCUT2D eigenvalue weighted by Crippen LogP contribution is 2.39.